The molecule has 1 saturated heterocycles. The number of amides is 1. The normalized spacial score (nSPS) is 14.7. The molecule has 1 fully saturated rings. The van der Waals surface area contributed by atoms with E-state index in [1.165, 1.54) is 5.56 Å². The van der Waals surface area contributed by atoms with Crippen molar-refractivity contribution in [1.29, 1.82) is 0 Å². The molecule has 1 heterocycles. The van der Waals surface area contributed by atoms with Crippen LogP contribution in [0, 0.1) is 0 Å². The largest absolute Gasteiger partial charge is 0.494 e. The fourth-order valence-corrected chi connectivity index (χ4v) is 4.30. The first kappa shape index (κ1) is 24.0. The zero-order valence-electron chi connectivity index (χ0n) is 18.6. The van der Waals surface area contributed by atoms with Gasteiger partial charge in [-0.2, -0.15) is 0 Å². The number of nitrogens with zero attached hydrogens (tertiary/aromatic N) is 2. The van der Waals surface area contributed by atoms with Gasteiger partial charge >= 0.3 is 0 Å². The van der Waals surface area contributed by atoms with Gasteiger partial charge in [0.1, 0.15) is 12.3 Å². The Bertz CT molecular complexity index is 972. The zero-order valence-corrected chi connectivity index (χ0v) is 19.4. The smallest absolute Gasteiger partial charge is 0.241 e. The molecule has 1 N–H and O–H groups in total. The molecular formula is C23H31N3O5S. The van der Waals surface area contributed by atoms with E-state index in [2.05, 4.69) is 22.3 Å². The minimum Gasteiger partial charge on any atom is -0.494 e. The Morgan fingerprint density at radius 2 is 1.69 bits per heavy atom. The van der Waals surface area contributed by atoms with Gasteiger partial charge in [0.2, 0.25) is 15.9 Å². The second-order valence-corrected chi connectivity index (χ2v) is 9.59. The van der Waals surface area contributed by atoms with E-state index in [0.29, 0.717) is 24.6 Å². The molecule has 174 valence electrons. The van der Waals surface area contributed by atoms with Crippen LogP contribution in [0.4, 0.5) is 5.69 Å². The summed E-state index contributed by atoms with van der Waals surface area (Å²) in [6.07, 6.45) is 1.09. The third-order valence-electron chi connectivity index (χ3n) is 5.15. The van der Waals surface area contributed by atoms with Crippen LogP contribution in [0.5, 0.6) is 5.75 Å². The van der Waals surface area contributed by atoms with Crippen LogP contribution in [-0.2, 0) is 32.6 Å². The number of hydrogen-bond donors (Lipinski definition) is 1. The highest BCUT2D eigenvalue weighted by Gasteiger charge is 2.21. The molecule has 0 bridgehead atoms. The van der Waals surface area contributed by atoms with Crippen LogP contribution in [0.25, 0.3) is 0 Å². The minimum atomic E-state index is -3.62. The lowest BCUT2D eigenvalue weighted by Gasteiger charge is -2.26. The van der Waals surface area contributed by atoms with E-state index in [1.54, 1.807) is 24.3 Å². The molecule has 2 aromatic carbocycles. The van der Waals surface area contributed by atoms with E-state index < -0.39 is 10.0 Å². The zero-order chi connectivity index (χ0) is 23.0. The minimum absolute atomic E-state index is 0.290. The van der Waals surface area contributed by atoms with Crippen LogP contribution in [0.3, 0.4) is 0 Å². The average Bonchev–Trinajstić information content (AvgIpc) is 2.78. The highest BCUT2D eigenvalue weighted by molar-refractivity contribution is 7.92. The summed E-state index contributed by atoms with van der Waals surface area (Å²) in [7, 11) is -3.62. The van der Waals surface area contributed by atoms with E-state index in [1.807, 2.05) is 19.1 Å². The van der Waals surface area contributed by atoms with Crippen molar-refractivity contribution in [2.24, 2.45) is 0 Å². The fourth-order valence-electron chi connectivity index (χ4n) is 3.44. The van der Waals surface area contributed by atoms with E-state index in [9.17, 15) is 13.2 Å². The lowest BCUT2D eigenvalue weighted by Crippen LogP contribution is -2.40. The number of rotatable bonds is 10. The van der Waals surface area contributed by atoms with Gasteiger partial charge in [-0.25, -0.2) is 8.42 Å². The van der Waals surface area contributed by atoms with Gasteiger partial charge in [-0.3, -0.25) is 14.0 Å². The maximum atomic E-state index is 12.5. The Kier molecular flexibility index (Phi) is 8.49. The van der Waals surface area contributed by atoms with Crippen LogP contribution < -0.4 is 14.4 Å². The van der Waals surface area contributed by atoms with Gasteiger partial charge in [-0.15, -0.1) is 0 Å². The highest BCUT2D eigenvalue weighted by Crippen LogP contribution is 2.21. The fraction of sp³-hybridized carbons (Fsp3) is 0.435. The third-order valence-corrected chi connectivity index (χ3v) is 6.29. The number of ether oxygens (including phenoxy) is 2. The van der Waals surface area contributed by atoms with Crippen molar-refractivity contribution in [1.82, 2.24) is 10.2 Å². The van der Waals surface area contributed by atoms with Crippen LogP contribution >= 0.6 is 0 Å². The quantitative estimate of drug-likeness (QED) is 0.582. The number of morpholine rings is 1. The molecule has 8 nitrogen and oxygen atoms in total. The topological polar surface area (TPSA) is 88.2 Å². The number of hydrogen-bond acceptors (Lipinski definition) is 6. The third kappa shape index (κ3) is 7.22. The van der Waals surface area contributed by atoms with E-state index in [4.69, 9.17) is 9.47 Å². The van der Waals surface area contributed by atoms with Crippen molar-refractivity contribution in [3.8, 4) is 5.75 Å². The van der Waals surface area contributed by atoms with E-state index in [0.717, 1.165) is 49.0 Å². The molecule has 0 saturated carbocycles. The first-order valence-electron chi connectivity index (χ1n) is 10.7. The molecule has 1 aliphatic rings. The van der Waals surface area contributed by atoms with Crippen molar-refractivity contribution < 1.29 is 22.7 Å². The van der Waals surface area contributed by atoms with E-state index >= 15 is 0 Å². The molecule has 2 aromatic rings. The molecule has 0 radical (unpaired) electrons. The van der Waals surface area contributed by atoms with Crippen LogP contribution in [0.15, 0.2) is 48.5 Å². The van der Waals surface area contributed by atoms with Gasteiger partial charge in [0.05, 0.1) is 31.8 Å². The first-order valence-corrected chi connectivity index (χ1v) is 12.5. The van der Waals surface area contributed by atoms with Crippen molar-refractivity contribution in [2.75, 3.05) is 50.0 Å². The number of nitrogens with one attached hydrogen (secondary N) is 1. The van der Waals surface area contributed by atoms with Crippen molar-refractivity contribution in [3.63, 3.8) is 0 Å². The summed E-state index contributed by atoms with van der Waals surface area (Å²) in [4.78, 5) is 14.8. The summed E-state index contributed by atoms with van der Waals surface area (Å²) in [5.74, 6) is 0.271. The molecule has 0 aromatic heterocycles. The molecule has 0 atom stereocenters. The molecule has 1 amide bonds. The number of anilines is 1. The van der Waals surface area contributed by atoms with Gasteiger partial charge in [-0.05, 0) is 42.3 Å². The van der Waals surface area contributed by atoms with Crippen molar-refractivity contribution in [3.05, 3.63) is 59.7 Å². The summed E-state index contributed by atoms with van der Waals surface area (Å²) in [6, 6.07) is 14.7. The van der Waals surface area contributed by atoms with Crippen LogP contribution in [-0.4, -0.2) is 64.9 Å². The first-order chi connectivity index (χ1) is 15.3. The predicted molar refractivity (Wildman–Crippen MR) is 124 cm³/mol. The molecular weight excluding hydrogens is 430 g/mol. The van der Waals surface area contributed by atoms with Crippen molar-refractivity contribution in [2.45, 2.75) is 20.0 Å². The second-order valence-electron chi connectivity index (χ2n) is 7.68. The molecule has 1 aliphatic heterocycles. The van der Waals surface area contributed by atoms with Crippen LogP contribution in [0.1, 0.15) is 18.1 Å². The summed E-state index contributed by atoms with van der Waals surface area (Å²) in [5, 5.41) is 2.81. The van der Waals surface area contributed by atoms with Gasteiger partial charge in [-0.1, -0.05) is 24.3 Å². The summed E-state index contributed by atoms with van der Waals surface area (Å²) in [6.45, 7) is 6.72. The highest BCUT2D eigenvalue weighted by atomic mass is 32.2. The molecule has 0 spiro atoms. The van der Waals surface area contributed by atoms with Gasteiger partial charge in [0, 0.05) is 26.2 Å². The molecule has 3 rings (SSSR count). The lowest BCUT2D eigenvalue weighted by molar-refractivity contribution is -0.119. The maximum absolute atomic E-state index is 12.5. The molecule has 0 unspecified atom stereocenters. The SMILES string of the molecule is CCOc1ccc(N(CC(=O)NCc2ccc(CN3CCOCC3)cc2)S(C)(=O)=O)cc1. The average molecular weight is 462 g/mol. The standard InChI is InChI=1S/C23H31N3O5S/c1-3-31-22-10-8-21(9-11-22)26(32(2,28)29)18-23(27)24-16-19-4-6-20(7-5-19)17-25-12-14-30-15-13-25/h4-11H,3,12-18H2,1-2H3,(H,24,27). The number of carbonyl (C=O) groups is 1. The van der Waals surface area contributed by atoms with E-state index in [-0.39, 0.29) is 12.5 Å². The number of benzene rings is 2. The van der Waals surface area contributed by atoms with Gasteiger partial charge < -0.3 is 14.8 Å². The molecule has 9 heteroatoms. The summed E-state index contributed by atoms with van der Waals surface area (Å²) < 4.78 is 36.4. The maximum Gasteiger partial charge on any atom is 0.241 e. The Morgan fingerprint density at radius 1 is 1.06 bits per heavy atom. The van der Waals surface area contributed by atoms with Gasteiger partial charge in [0.15, 0.2) is 0 Å². The second kappa shape index (κ2) is 11.3. The predicted octanol–water partition coefficient (Wildman–Crippen LogP) is 2.00. The van der Waals surface area contributed by atoms with Crippen LogP contribution in [0.2, 0.25) is 0 Å². The summed E-state index contributed by atoms with van der Waals surface area (Å²) >= 11 is 0. The van der Waals surface area contributed by atoms with Crippen molar-refractivity contribution >= 4 is 21.6 Å². The summed E-state index contributed by atoms with van der Waals surface area (Å²) in [5.41, 5.74) is 2.58. The Hall–Kier alpha value is -2.62. The Labute approximate surface area is 190 Å². The lowest BCUT2D eigenvalue weighted by atomic mass is 10.1. The Balaban J connectivity index is 1.54. The molecule has 32 heavy (non-hydrogen) atoms. The monoisotopic (exact) mass is 461 g/mol. The number of carbonyl (C=O) groups excluding carboxylic acids is 1. The number of sulfonamides is 1. The Morgan fingerprint density at radius 3 is 2.28 bits per heavy atom. The molecule has 0 aliphatic carbocycles. The van der Waals surface area contributed by atoms with Gasteiger partial charge in [0.25, 0.3) is 0 Å².